The van der Waals surface area contributed by atoms with Crippen LogP contribution in [-0.2, 0) is 9.59 Å². The number of carbonyl (C=O) groups is 2. The molecule has 128 valence electrons. The SMILES string of the molecule is CN(C)C(=O)COc1ccc(NC(=O)CNCC2CC2)cc1.Cl. The van der Waals surface area contributed by atoms with Crippen molar-refractivity contribution in [1.82, 2.24) is 10.2 Å². The van der Waals surface area contributed by atoms with E-state index in [0.29, 0.717) is 18.0 Å². The highest BCUT2D eigenvalue weighted by Crippen LogP contribution is 2.27. The fourth-order valence-electron chi connectivity index (χ4n) is 1.83. The van der Waals surface area contributed by atoms with Crippen molar-refractivity contribution in [3.8, 4) is 5.75 Å². The molecule has 0 atom stereocenters. The maximum Gasteiger partial charge on any atom is 0.259 e. The molecule has 0 aromatic heterocycles. The van der Waals surface area contributed by atoms with Gasteiger partial charge in [0.1, 0.15) is 5.75 Å². The van der Waals surface area contributed by atoms with Crippen molar-refractivity contribution in [1.29, 1.82) is 0 Å². The van der Waals surface area contributed by atoms with E-state index in [9.17, 15) is 9.59 Å². The van der Waals surface area contributed by atoms with Gasteiger partial charge in [0.2, 0.25) is 5.91 Å². The lowest BCUT2D eigenvalue weighted by Gasteiger charge is -2.12. The van der Waals surface area contributed by atoms with Gasteiger partial charge < -0.3 is 20.3 Å². The van der Waals surface area contributed by atoms with Gasteiger partial charge in [-0.1, -0.05) is 0 Å². The average molecular weight is 342 g/mol. The molecule has 0 saturated heterocycles. The Labute approximate surface area is 143 Å². The molecule has 1 aliphatic rings. The predicted molar refractivity (Wildman–Crippen MR) is 92.1 cm³/mol. The Balaban J connectivity index is 0.00000264. The van der Waals surface area contributed by atoms with Gasteiger partial charge in [0.25, 0.3) is 5.91 Å². The maximum absolute atomic E-state index is 11.7. The summed E-state index contributed by atoms with van der Waals surface area (Å²) < 4.78 is 5.37. The molecule has 2 N–H and O–H groups in total. The zero-order chi connectivity index (χ0) is 15.9. The molecule has 6 nitrogen and oxygen atoms in total. The quantitative estimate of drug-likeness (QED) is 0.752. The molecular weight excluding hydrogens is 318 g/mol. The number of benzene rings is 1. The standard InChI is InChI=1S/C16H23N3O3.ClH/c1-19(2)16(21)11-22-14-7-5-13(6-8-14)18-15(20)10-17-9-12-3-4-12;/h5-8,12,17H,3-4,9-11H2,1-2H3,(H,18,20);1H. The van der Waals surface area contributed by atoms with E-state index in [4.69, 9.17) is 4.74 Å². The highest BCUT2D eigenvalue weighted by atomic mass is 35.5. The number of ether oxygens (including phenoxy) is 1. The number of anilines is 1. The van der Waals surface area contributed by atoms with Gasteiger partial charge in [0, 0.05) is 19.8 Å². The summed E-state index contributed by atoms with van der Waals surface area (Å²) in [5, 5.41) is 5.96. The third-order valence-corrected chi connectivity index (χ3v) is 3.41. The summed E-state index contributed by atoms with van der Waals surface area (Å²) in [7, 11) is 3.36. The number of halogens is 1. The first-order chi connectivity index (χ1) is 10.5. The number of carbonyl (C=O) groups excluding carboxylic acids is 2. The van der Waals surface area contributed by atoms with Crippen LogP contribution in [-0.4, -0.2) is 50.5 Å². The normalized spacial score (nSPS) is 13.0. The van der Waals surface area contributed by atoms with E-state index >= 15 is 0 Å². The molecule has 1 saturated carbocycles. The largest absolute Gasteiger partial charge is 0.484 e. The van der Waals surface area contributed by atoms with Crippen LogP contribution in [0.2, 0.25) is 0 Å². The number of rotatable bonds is 8. The summed E-state index contributed by atoms with van der Waals surface area (Å²) in [6.07, 6.45) is 2.54. The summed E-state index contributed by atoms with van der Waals surface area (Å²) in [5.74, 6) is 1.20. The Morgan fingerprint density at radius 2 is 1.87 bits per heavy atom. The summed E-state index contributed by atoms with van der Waals surface area (Å²) in [6, 6.07) is 6.98. The van der Waals surface area contributed by atoms with Gasteiger partial charge in [0.15, 0.2) is 6.61 Å². The van der Waals surface area contributed by atoms with Crippen molar-refractivity contribution >= 4 is 29.9 Å². The van der Waals surface area contributed by atoms with Gasteiger partial charge in [-0.2, -0.15) is 0 Å². The number of likely N-dealkylation sites (N-methyl/N-ethyl adjacent to an activating group) is 1. The third kappa shape index (κ3) is 7.34. The average Bonchev–Trinajstić information content (AvgIpc) is 3.30. The molecule has 7 heteroatoms. The minimum Gasteiger partial charge on any atom is -0.484 e. The van der Waals surface area contributed by atoms with E-state index in [1.54, 1.807) is 38.4 Å². The topological polar surface area (TPSA) is 70.7 Å². The van der Waals surface area contributed by atoms with E-state index in [1.807, 2.05) is 0 Å². The minimum atomic E-state index is -0.0980. The molecule has 2 rings (SSSR count). The molecule has 0 aliphatic heterocycles. The fourth-order valence-corrected chi connectivity index (χ4v) is 1.83. The summed E-state index contributed by atoms with van der Waals surface area (Å²) in [6.45, 7) is 1.25. The molecule has 2 amide bonds. The van der Waals surface area contributed by atoms with Crippen molar-refractivity contribution in [2.24, 2.45) is 5.92 Å². The lowest BCUT2D eigenvalue weighted by Crippen LogP contribution is -2.29. The molecule has 1 aromatic carbocycles. The first-order valence-corrected chi connectivity index (χ1v) is 7.48. The second-order valence-corrected chi connectivity index (χ2v) is 5.72. The van der Waals surface area contributed by atoms with E-state index in [2.05, 4.69) is 10.6 Å². The summed E-state index contributed by atoms with van der Waals surface area (Å²) in [5.41, 5.74) is 0.713. The Hall–Kier alpha value is -1.79. The molecule has 0 bridgehead atoms. The number of hydrogen-bond acceptors (Lipinski definition) is 4. The smallest absolute Gasteiger partial charge is 0.259 e. The van der Waals surface area contributed by atoms with Gasteiger partial charge in [0.05, 0.1) is 6.54 Å². The second-order valence-electron chi connectivity index (χ2n) is 5.72. The Kier molecular flexibility index (Phi) is 7.85. The molecule has 1 aromatic rings. The van der Waals surface area contributed by atoms with E-state index in [-0.39, 0.29) is 30.8 Å². The maximum atomic E-state index is 11.7. The number of nitrogens with one attached hydrogen (secondary N) is 2. The zero-order valence-electron chi connectivity index (χ0n) is 13.5. The van der Waals surface area contributed by atoms with Crippen LogP contribution in [0.3, 0.4) is 0 Å². The van der Waals surface area contributed by atoms with Crippen LogP contribution in [0.15, 0.2) is 24.3 Å². The van der Waals surface area contributed by atoms with Crippen LogP contribution in [0.4, 0.5) is 5.69 Å². The lowest BCUT2D eigenvalue weighted by atomic mass is 10.3. The third-order valence-electron chi connectivity index (χ3n) is 3.41. The lowest BCUT2D eigenvalue weighted by molar-refractivity contribution is -0.130. The van der Waals surface area contributed by atoms with Crippen molar-refractivity contribution in [2.75, 3.05) is 39.1 Å². The van der Waals surface area contributed by atoms with Crippen molar-refractivity contribution < 1.29 is 14.3 Å². The van der Waals surface area contributed by atoms with Gasteiger partial charge in [-0.05, 0) is 49.6 Å². The molecule has 0 radical (unpaired) electrons. The molecule has 1 fully saturated rings. The Morgan fingerprint density at radius 1 is 1.22 bits per heavy atom. The Bertz CT molecular complexity index is 516. The highest BCUT2D eigenvalue weighted by molar-refractivity contribution is 5.92. The van der Waals surface area contributed by atoms with E-state index in [0.717, 1.165) is 12.5 Å². The van der Waals surface area contributed by atoms with Gasteiger partial charge in [-0.3, -0.25) is 9.59 Å². The molecule has 0 spiro atoms. The van der Waals surface area contributed by atoms with Crippen LogP contribution in [0.25, 0.3) is 0 Å². The first kappa shape index (κ1) is 19.3. The highest BCUT2D eigenvalue weighted by Gasteiger charge is 2.20. The Morgan fingerprint density at radius 3 is 2.43 bits per heavy atom. The molecule has 0 heterocycles. The van der Waals surface area contributed by atoms with Crippen LogP contribution in [0.1, 0.15) is 12.8 Å². The first-order valence-electron chi connectivity index (χ1n) is 7.48. The van der Waals surface area contributed by atoms with Gasteiger partial charge >= 0.3 is 0 Å². The molecule has 0 unspecified atom stereocenters. The number of amides is 2. The van der Waals surface area contributed by atoms with E-state index < -0.39 is 0 Å². The van der Waals surface area contributed by atoms with Crippen LogP contribution < -0.4 is 15.4 Å². The molecule has 1 aliphatic carbocycles. The van der Waals surface area contributed by atoms with Gasteiger partial charge in [-0.25, -0.2) is 0 Å². The van der Waals surface area contributed by atoms with Crippen molar-refractivity contribution in [2.45, 2.75) is 12.8 Å². The van der Waals surface area contributed by atoms with Crippen molar-refractivity contribution in [3.05, 3.63) is 24.3 Å². The second kappa shape index (κ2) is 9.37. The fraction of sp³-hybridized carbons (Fsp3) is 0.500. The summed E-state index contributed by atoms with van der Waals surface area (Å²) in [4.78, 5) is 24.6. The molecule has 23 heavy (non-hydrogen) atoms. The summed E-state index contributed by atoms with van der Waals surface area (Å²) >= 11 is 0. The van der Waals surface area contributed by atoms with Crippen LogP contribution in [0, 0.1) is 5.92 Å². The monoisotopic (exact) mass is 341 g/mol. The van der Waals surface area contributed by atoms with E-state index in [1.165, 1.54) is 17.7 Å². The minimum absolute atomic E-state index is 0. The van der Waals surface area contributed by atoms with Crippen LogP contribution >= 0.6 is 12.4 Å². The van der Waals surface area contributed by atoms with Gasteiger partial charge in [-0.15, -0.1) is 12.4 Å². The molecular formula is C16H24ClN3O3. The predicted octanol–water partition coefficient (Wildman–Crippen LogP) is 1.51. The van der Waals surface area contributed by atoms with Crippen molar-refractivity contribution in [3.63, 3.8) is 0 Å². The zero-order valence-corrected chi connectivity index (χ0v) is 14.3. The van der Waals surface area contributed by atoms with Crippen LogP contribution in [0.5, 0.6) is 5.75 Å². The number of hydrogen-bond donors (Lipinski definition) is 2. The number of nitrogens with zero attached hydrogens (tertiary/aromatic N) is 1.